The zero-order valence-electron chi connectivity index (χ0n) is 15.8. The Morgan fingerprint density at radius 2 is 1.85 bits per heavy atom. The summed E-state index contributed by atoms with van der Waals surface area (Å²) in [6.07, 6.45) is 0.904. The maximum absolute atomic E-state index is 12.2. The van der Waals surface area contributed by atoms with Gasteiger partial charge in [-0.15, -0.1) is 11.3 Å². The Hall–Kier alpha value is -2.67. The maximum Gasteiger partial charge on any atom is 0.341 e. The van der Waals surface area contributed by atoms with E-state index in [0.29, 0.717) is 17.0 Å². The molecular formula is C20H24N2O4S. The van der Waals surface area contributed by atoms with Gasteiger partial charge in [-0.25, -0.2) is 4.79 Å². The Morgan fingerprint density at radius 3 is 2.52 bits per heavy atom. The average Bonchev–Trinajstić information content (AvgIpc) is 3.02. The van der Waals surface area contributed by atoms with E-state index in [-0.39, 0.29) is 31.3 Å². The van der Waals surface area contributed by atoms with Crippen molar-refractivity contribution in [2.24, 2.45) is 0 Å². The highest BCUT2D eigenvalue weighted by atomic mass is 32.1. The number of para-hydroxylation sites is 1. The molecule has 2 aromatic rings. The molecule has 0 aliphatic carbocycles. The molecule has 6 nitrogen and oxygen atoms in total. The molecule has 2 rings (SSSR count). The van der Waals surface area contributed by atoms with Crippen LogP contribution in [0.4, 0.5) is 10.7 Å². The van der Waals surface area contributed by atoms with Crippen molar-refractivity contribution in [1.29, 1.82) is 0 Å². The summed E-state index contributed by atoms with van der Waals surface area (Å²) in [5.41, 5.74) is 1.19. The van der Waals surface area contributed by atoms with Crippen LogP contribution in [0, 0.1) is 6.92 Å². The maximum atomic E-state index is 12.2. The predicted octanol–water partition coefficient (Wildman–Crippen LogP) is 4.01. The van der Waals surface area contributed by atoms with Crippen LogP contribution >= 0.6 is 11.3 Å². The molecule has 1 aromatic heterocycles. The van der Waals surface area contributed by atoms with Gasteiger partial charge in [-0.1, -0.05) is 18.2 Å². The summed E-state index contributed by atoms with van der Waals surface area (Å²) in [6, 6.07) is 11.1. The van der Waals surface area contributed by atoms with Crippen molar-refractivity contribution in [2.75, 3.05) is 23.9 Å². The van der Waals surface area contributed by atoms with E-state index in [2.05, 4.69) is 5.32 Å². The van der Waals surface area contributed by atoms with Crippen molar-refractivity contribution in [3.63, 3.8) is 0 Å². The summed E-state index contributed by atoms with van der Waals surface area (Å²) in [5.74, 6) is -0.720. The third kappa shape index (κ3) is 5.92. The lowest BCUT2D eigenvalue weighted by Gasteiger charge is -2.17. The summed E-state index contributed by atoms with van der Waals surface area (Å²) < 4.78 is 5.01. The Morgan fingerprint density at radius 1 is 1.15 bits per heavy atom. The van der Waals surface area contributed by atoms with E-state index in [1.165, 1.54) is 11.3 Å². The number of carbonyl (C=O) groups is 3. The summed E-state index contributed by atoms with van der Waals surface area (Å²) in [7, 11) is 1.72. The largest absolute Gasteiger partial charge is 0.462 e. The first-order valence-electron chi connectivity index (χ1n) is 8.81. The van der Waals surface area contributed by atoms with Gasteiger partial charge in [-0.2, -0.15) is 0 Å². The normalized spacial score (nSPS) is 10.3. The third-order valence-electron chi connectivity index (χ3n) is 3.92. The van der Waals surface area contributed by atoms with Crippen LogP contribution in [0.1, 0.15) is 41.4 Å². The van der Waals surface area contributed by atoms with Crippen molar-refractivity contribution >= 4 is 39.8 Å². The molecule has 0 aliphatic heterocycles. The minimum absolute atomic E-state index is 0.0480. The minimum atomic E-state index is -0.447. The zero-order chi connectivity index (χ0) is 19.8. The van der Waals surface area contributed by atoms with E-state index in [1.807, 2.05) is 37.3 Å². The van der Waals surface area contributed by atoms with Gasteiger partial charge in [-0.05, 0) is 38.5 Å². The van der Waals surface area contributed by atoms with Gasteiger partial charge in [0, 0.05) is 30.5 Å². The lowest BCUT2D eigenvalue weighted by Crippen LogP contribution is -2.26. The second-order valence-corrected chi connectivity index (χ2v) is 7.27. The number of aryl methyl sites for hydroxylation is 1. The SMILES string of the molecule is CCOC(=O)c1cc(C)sc1NC(=O)CCCC(=O)N(C)c1ccccc1. The average molecular weight is 388 g/mol. The summed E-state index contributed by atoms with van der Waals surface area (Å²) in [5, 5.41) is 3.25. The van der Waals surface area contributed by atoms with E-state index in [1.54, 1.807) is 24.9 Å². The molecule has 7 heteroatoms. The predicted molar refractivity (Wildman–Crippen MR) is 107 cm³/mol. The standard InChI is InChI=1S/C20H24N2O4S/c1-4-26-20(25)16-13-14(2)27-19(16)21-17(23)11-8-12-18(24)22(3)15-9-6-5-7-10-15/h5-7,9-10,13H,4,8,11-12H2,1-3H3,(H,21,23). The van der Waals surface area contributed by atoms with Crippen LogP contribution in [0.2, 0.25) is 0 Å². The molecule has 0 saturated heterocycles. The van der Waals surface area contributed by atoms with Crippen LogP contribution < -0.4 is 10.2 Å². The molecule has 0 saturated carbocycles. The highest BCUT2D eigenvalue weighted by Crippen LogP contribution is 2.28. The Kier molecular flexibility index (Phi) is 7.55. The van der Waals surface area contributed by atoms with Gasteiger partial charge in [0.2, 0.25) is 11.8 Å². The molecule has 0 spiro atoms. The van der Waals surface area contributed by atoms with Gasteiger partial charge in [0.05, 0.1) is 12.2 Å². The van der Waals surface area contributed by atoms with E-state index in [0.717, 1.165) is 10.6 Å². The number of rotatable bonds is 8. The van der Waals surface area contributed by atoms with E-state index < -0.39 is 5.97 Å². The zero-order valence-corrected chi connectivity index (χ0v) is 16.6. The first-order valence-corrected chi connectivity index (χ1v) is 9.63. The molecule has 1 N–H and O–H groups in total. The number of amides is 2. The fourth-order valence-electron chi connectivity index (χ4n) is 2.52. The number of carbonyl (C=O) groups excluding carboxylic acids is 3. The Bertz CT molecular complexity index is 802. The molecule has 0 fully saturated rings. The summed E-state index contributed by atoms with van der Waals surface area (Å²) in [4.78, 5) is 38.9. The van der Waals surface area contributed by atoms with Gasteiger partial charge < -0.3 is 15.0 Å². The van der Waals surface area contributed by atoms with Gasteiger partial charge in [0.25, 0.3) is 0 Å². The van der Waals surface area contributed by atoms with Crippen LogP contribution in [0.3, 0.4) is 0 Å². The fraction of sp³-hybridized carbons (Fsp3) is 0.350. The molecule has 0 unspecified atom stereocenters. The fourth-order valence-corrected chi connectivity index (χ4v) is 3.44. The van der Waals surface area contributed by atoms with Crippen molar-refractivity contribution in [2.45, 2.75) is 33.1 Å². The number of benzene rings is 1. The van der Waals surface area contributed by atoms with Crippen molar-refractivity contribution in [1.82, 2.24) is 0 Å². The quantitative estimate of drug-likeness (QED) is 0.694. The highest BCUT2D eigenvalue weighted by molar-refractivity contribution is 7.16. The molecule has 27 heavy (non-hydrogen) atoms. The number of nitrogens with zero attached hydrogens (tertiary/aromatic N) is 1. The van der Waals surface area contributed by atoms with Crippen molar-refractivity contribution in [3.8, 4) is 0 Å². The first-order chi connectivity index (χ1) is 12.9. The van der Waals surface area contributed by atoms with Crippen LogP contribution in [-0.2, 0) is 14.3 Å². The highest BCUT2D eigenvalue weighted by Gasteiger charge is 2.18. The number of esters is 1. The smallest absolute Gasteiger partial charge is 0.341 e. The van der Waals surface area contributed by atoms with Crippen LogP contribution in [0.5, 0.6) is 0 Å². The van der Waals surface area contributed by atoms with Crippen LogP contribution in [-0.4, -0.2) is 31.4 Å². The number of anilines is 2. The van der Waals surface area contributed by atoms with Gasteiger partial charge in [-0.3, -0.25) is 9.59 Å². The minimum Gasteiger partial charge on any atom is -0.462 e. The second-order valence-electron chi connectivity index (χ2n) is 6.01. The molecule has 1 heterocycles. The molecule has 0 atom stereocenters. The number of hydrogen-bond acceptors (Lipinski definition) is 5. The van der Waals surface area contributed by atoms with Crippen molar-refractivity contribution in [3.05, 3.63) is 46.8 Å². The Balaban J connectivity index is 1.85. The summed E-state index contributed by atoms with van der Waals surface area (Å²) >= 11 is 1.33. The number of nitrogens with one attached hydrogen (secondary N) is 1. The lowest BCUT2D eigenvalue weighted by atomic mass is 10.2. The number of ether oxygens (including phenoxy) is 1. The van der Waals surface area contributed by atoms with Gasteiger partial charge in [0.15, 0.2) is 0 Å². The number of hydrogen-bond donors (Lipinski definition) is 1. The molecule has 144 valence electrons. The first kappa shape index (κ1) is 20.6. The third-order valence-corrected chi connectivity index (χ3v) is 4.88. The summed E-state index contributed by atoms with van der Waals surface area (Å²) in [6.45, 7) is 3.87. The molecular weight excluding hydrogens is 364 g/mol. The second kappa shape index (κ2) is 9.87. The van der Waals surface area contributed by atoms with Gasteiger partial charge in [0.1, 0.15) is 5.00 Å². The number of thiophene rings is 1. The Labute approximate surface area is 163 Å². The molecule has 0 aliphatic rings. The monoisotopic (exact) mass is 388 g/mol. The van der Waals surface area contributed by atoms with Crippen LogP contribution in [0.15, 0.2) is 36.4 Å². The van der Waals surface area contributed by atoms with Crippen LogP contribution in [0.25, 0.3) is 0 Å². The molecule has 0 radical (unpaired) electrons. The van der Waals surface area contributed by atoms with E-state index in [9.17, 15) is 14.4 Å². The van der Waals surface area contributed by atoms with Gasteiger partial charge >= 0.3 is 5.97 Å². The molecule has 0 bridgehead atoms. The topological polar surface area (TPSA) is 75.7 Å². The van der Waals surface area contributed by atoms with E-state index >= 15 is 0 Å². The molecule has 2 amide bonds. The molecule has 1 aromatic carbocycles. The van der Waals surface area contributed by atoms with E-state index in [4.69, 9.17) is 4.74 Å². The lowest BCUT2D eigenvalue weighted by molar-refractivity contribution is -0.118. The van der Waals surface area contributed by atoms with Crippen molar-refractivity contribution < 1.29 is 19.1 Å².